The summed E-state index contributed by atoms with van der Waals surface area (Å²) in [5, 5.41) is 3.55. The van der Waals surface area contributed by atoms with Crippen molar-refractivity contribution in [2.75, 3.05) is 20.6 Å². The Morgan fingerprint density at radius 1 is 1.35 bits per heavy atom. The van der Waals surface area contributed by atoms with Gasteiger partial charge >= 0.3 is 0 Å². The molecule has 1 N–H and O–H groups in total. The Balaban J connectivity index is 2.39. The van der Waals surface area contributed by atoms with Gasteiger partial charge in [0, 0.05) is 30.2 Å². The number of nitrogens with one attached hydrogen (secondary N) is 1. The molecule has 0 aliphatic heterocycles. The zero-order valence-electron chi connectivity index (χ0n) is 11.4. The fourth-order valence-corrected chi connectivity index (χ4v) is 2.84. The van der Waals surface area contributed by atoms with Crippen LogP contribution < -0.4 is 5.32 Å². The molecule has 1 unspecified atom stereocenters. The third-order valence-corrected chi connectivity index (χ3v) is 4.17. The van der Waals surface area contributed by atoms with Crippen LogP contribution in [0.25, 0.3) is 0 Å². The van der Waals surface area contributed by atoms with E-state index >= 15 is 0 Å². The fourth-order valence-electron chi connectivity index (χ4n) is 2.28. The van der Waals surface area contributed by atoms with Gasteiger partial charge in [-0.1, -0.05) is 26.7 Å². The Morgan fingerprint density at radius 3 is 2.53 bits per heavy atom. The second-order valence-corrected chi connectivity index (χ2v) is 5.68. The van der Waals surface area contributed by atoms with Gasteiger partial charge in [-0.2, -0.15) is 0 Å². The standard InChI is InChI=1S/C13H25N3S/c1-5-11(6-2)13(16(3)4)9-14-7-12-8-15-10-17-12/h8,10-11,13-14H,5-7,9H2,1-4H3. The lowest BCUT2D eigenvalue weighted by Gasteiger charge is -2.31. The molecule has 1 heterocycles. The van der Waals surface area contributed by atoms with Crippen molar-refractivity contribution >= 4 is 11.3 Å². The summed E-state index contributed by atoms with van der Waals surface area (Å²) < 4.78 is 0. The molecule has 0 saturated heterocycles. The van der Waals surface area contributed by atoms with Crippen molar-refractivity contribution in [2.45, 2.75) is 39.3 Å². The van der Waals surface area contributed by atoms with Gasteiger partial charge in [-0.3, -0.25) is 4.98 Å². The van der Waals surface area contributed by atoms with Crippen LogP contribution in [0, 0.1) is 5.92 Å². The lowest BCUT2D eigenvalue weighted by Crippen LogP contribution is -2.42. The largest absolute Gasteiger partial charge is 0.310 e. The molecule has 0 radical (unpaired) electrons. The monoisotopic (exact) mass is 255 g/mol. The molecule has 3 nitrogen and oxygen atoms in total. The van der Waals surface area contributed by atoms with E-state index < -0.39 is 0 Å². The third kappa shape index (κ3) is 4.74. The Labute approximate surface area is 109 Å². The number of likely N-dealkylation sites (N-methyl/N-ethyl adjacent to an activating group) is 1. The van der Waals surface area contributed by atoms with E-state index in [1.54, 1.807) is 11.3 Å². The summed E-state index contributed by atoms with van der Waals surface area (Å²) in [5.74, 6) is 0.777. The summed E-state index contributed by atoms with van der Waals surface area (Å²) in [4.78, 5) is 7.75. The van der Waals surface area contributed by atoms with Crippen molar-refractivity contribution in [2.24, 2.45) is 5.92 Å². The second kappa shape index (κ2) is 7.80. The zero-order valence-corrected chi connectivity index (χ0v) is 12.3. The summed E-state index contributed by atoms with van der Waals surface area (Å²) in [6.45, 7) is 6.56. The van der Waals surface area contributed by atoms with Gasteiger partial charge in [-0.15, -0.1) is 11.3 Å². The summed E-state index contributed by atoms with van der Waals surface area (Å²) in [7, 11) is 4.36. The topological polar surface area (TPSA) is 28.2 Å². The summed E-state index contributed by atoms with van der Waals surface area (Å²) in [5.41, 5.74) is 1.89. The Morgan fingerprint density at radius 2 is 2.06 bits per heavy atom. The van der Waals surface area contributed by atoms with Gasteiger partial charge < -0.3 is 10.2 Å². The zero-order chi connectivity index (χ0) is 12.7. The van der Waals surface area contributed by atoms with Crippen LogP contribution >= 0.6 is 11.3 Å². The molecule has 0 amide bonds. The summed E-state index contributed by atoms with van der Waals surface area (Å²) >= 11 is 1.72. The first-order valence-corrected chi connectivity index (χ1v) is 7.31. The molecule has 1 atom stereocenters. The maximum Gasteiger partial charge on any atom is 0.0794 e. The van der Waals surface area contributed by atoms with E-state index in [9.17, 15) is 0 Å². The number of hydrogen-bond acceptors (Lipinski definition) is 4. The number of thiazole rings is 1. The molecule has 1 rings (SSSR count). The van der Waals surface area contributed by atoms with Crippen LogP contribution in [-0.4, -0.2) is 36.6 Å². The van der Waals surface area contributed by atoms with Crippen LogP contribution in [0.1, 0.15) is 31.6 Å². The molecule has 0 aliphatic carbocycles. The number of rotatable bonds is 8. The minimum absolute atomic E-state index is 0.623. The molecule has 4 heteroatoms. The van der Waals surface area contributed by atoms with E-state index in [0.717, 1.165) is 19.0 Å². The van der Waals surface area contributed by atoms with E-state index in [0.29, 0.717) is 6.04 Å². The highest BCUT2D eigenvalue weighted by Gasteiger charge is 2.19. The van der Waals surface area contributed by atoms with E-state index in [-0.39, 0.29) is 0 Å². The minimum atomic E-state index is 0.623. The highest BCUT2D eigenvalue weighted by molar-refractivity contribution is 7.09. The van der Waals surface area contributed by atoms with Gasteiger partial charge in [0.15, 0.2) is 0 Å². The maximum absolute atomic E-state index is 4.09. The normalized spacial score (nSPS) is 13.5. The lowest BCUT2D eigenvalue weighted by atomic mass is 9.93. The van der Waals surface area contributed by atoms with E-state index in [2.05, 4.69) is 43.1 Å². The average Bonchev–Trinajstić information content (AvgIpc) is 2.81. The molecule has 1 aromatic rings. The van der Waals surface area contributed by atoms with Crippen LogP contribution in [-0.2, 0) is 6.54 Å². The van der Waals surface area contributed by atoms with Crippen molar-refractivity contribution in [3.05, 3.63) is 16.6 Å². The molecule has 17 heavy (non-hydrogen) atoms. The van der Waals surface area contributed by atoms with Crippen LogP contribution in [0.5, 0.6) is 0 Å². The number of nitrogens with zero attached hydrogens (tertiary/aromatic N) is 2. The molecule has 0 bridgehead atoms. The first-order chi connectivity index (χ1) is 8.19. The molecule has 0 fully saturated rings. The van der Waals surface area contributed by atoms with Crippen molar-refractivity contribution in [3.63, 3.8) is 0 Å². The van der Waals surface area contributed by atoms with Gasteiger partial charge in [0.25, 0.3) is 0 Å². The lowest BCUT2D eigenvalue weighted by molar-refractivity contribution is 0.194. The quantitative estimate of drug-likeness (QED) is 0.774. The van der Waals surface area contributed by atoms with Crippen LogP contribution in [0.4, 0.5) is 0 Å². The van der Waals surface area contributed by atoms with Gasteiger partial charge in [0.2, 0.25) is 0 Å². The molecule has 0 saturated carbocycles. The first-order valence-electron chi connectivity index (χ1n) is 6.43. The predicted octanol–water partition coefficient (Wildman–Crippen LogP) is 2.60. The van der Waals surface area contributed by atoms with Crippen LogP contribution in [0.3, 0.4) is 0 Å². The smallest absolute Gasteiger partial charge is 0.0794 e. The summed E-state index contributed by atoms with van der Waals surface area (Å²) in [6.07, 6.45) is 4.45. The highest BCUT2D eigenvalue weighted by Crippen LogP contribution is 2.16. The Bertz CT molecular complexity index is 281. The number of aromatic nitrogens is 1. The molecule has 0 aliphatic rings. The first kappa shape index (κ1) is 14.6. The molecule has 98 valence electrons. The van der Waals surface area contributed by atoms with Crippen LogP contribution in [0.15, 0.2) is 11.7 Å². The van der Waals surface area contributed by atoms with Crippen molar-refractivity contribution < 1.29 is 0 Å². The Kier molecular flexibility index (Phi) is 6.70. The van der Waals surface area contributed by atoms with Gasteiger partial charge in [0.1, 0.15) is 0 Å². The average molecular weight is 255 g/mol. The summed E-state index contributed by atoms with van der Waals surface area (Å²) in [6, 6.07) is 0.623. The van der Waals surface area contributed by atoms with Crippen molar-refractivity contribution in [1.82, 2.24) is 15.2 Å². The van der Waals surface area contributed by atoms with Gasteiger partial charge in [-0.05, 0) is 20.0 Å². The van der Waals surface area contributed by atoms with E-state index in [1.165, 1.54) is 17.7 Å². The SMILES string of the molecule is CCC(CC)C(CNCc1cncs1)N(C)C. The molecular weight excluding hydrogens is 230 g/mol. The van der Waals surface area contributed by atoms with E-state index in [4.69, 9.17) is 0 Å². The predicted molar refractivity (Wildman–Crippen MR) is 75.4 cm³/mol. The number of hydrogen-bond donors (Lipinski definition) is 1. The van der Waals surface area contributed by atoms with Crippen LogP contribution in [0.2, 0.25) is 0 Å². The molecule has 1 aromatic heterocycles. The second-order valence-electron chi connectivity index (χ2n) is 4.71. The van der Waals surface area contributed by atoms with Crippen molar-refractivity contribution in [1.29, 1.82) is 0 Å². The van der Waals surface area contributed by atoms with Crippen molar-refractivity contribution in [3.8, 4) is 0 Å². The molecule has 0 aromatic carbocycles. The van der Waals surface area contributed by atoms with E-state index in [1.807, 2.05) is 11.7 Å². The van der Waals surface area contributed by atoms with Gasteiger partial charge in [-0.25, -0.2) is 0 Å². The molecule has 0 spiro atoms. The fraction of sp³-hybridized carbons (Fsp3) is 0.769. The third-order valence-electron chi connectivity index (χ3n) is 3.39. The minimum Gasteiger partial charge on any atom is -0.310 e. The highest BCUT2D eigenvalue weighted by atomic mass is 32.1. The van der Waals surface area contributed by atoms with Gasteiger partial charge in [0.05, 0.1) is 5.51 Å². The Hall–Kier alpha value is -0.450. The maximum atomic E-state index is 4.09. The molecular formula is C13H25N3S.